The number of carbonyl (C=O) groups is 1. The van der Waals surface area contributed by atoms with Gasteiger partial charge in [-0.25, -0.2) is 13.6 Å². The summed E-state index contributed by atoms with van der Waals surface area (Å²) >= 11 is 0. The van der Waals surface area contributed by atoms with E-state index in [0.29, 0.717) is 0 Å². The Labute approximate surface area is 74.1 Å². The summed E-state index contributed by atoms with van der Waals surface area (Å²) in [6.45, 7) is 0. The maximum absolute atomic E-state index is 12.8. The Hall–Kier alpha value is -0.910. The zero-order valence-electron chi connectivity index (χ0n) is 6.96. The predicted molar refractivity (Wildman–Crippen MR) is 41.7 cm³/mol. The van der Waals surface area contributed by atoms with E-state index in [9.17, 15) is 13.6 Å². The lowest BCUT2D eigenvalue weighted by Gasteiger charge is -2.33. The number of alkyl halides is 2. The molecular weight excluding hydrogens is 182 g/mol. The molecule has 0 radical (unpaired) electrons. The minimum Gasteiger partial charge on any atom is -0.465 e. The minimum absolute atomic E-state index is 0.151. The number of rotatable bonds is 1. The molecule has 0 unspecified atom stereocenters. The Bertz CT molecular complexity index is 211. The van der Waals surface area contributed by atoms with Gasteiger partial charge in [0, 0.05) is 18.9 Å². The summed E-state index contributed by atoms with van der Waals surface area (Å²) in [6.07, 6.45) is -1.91. The van der Waals surface area contributed by atoms with E-state index >= 15 is 0 Å². The van der Waals surface area contributed by atoms with Crippen LogP contribution >= 0.6 is 0 Å². The fraction of sp³-hybridized carbons (Fsp3) is 0.857. The van der Waals surface area contributed by atoms with E-state index in [2.05, 4.69) is 0 Å². The lowest BCUT2D eigenvalue weighted by molar-refractivity contribution is -0.0476. The van der Waals surface area contributed by atoms with Crippen molar-refractivity contribution < 1.29 is 18.7 Å². The number of amides is 1. The van der Waals surface area contributed by atoms with Crippen molar-refractivity contribution in [3.63, 3.8) is 0 Å². The van der Waals surface area contributed by atoms with Crippen molar-refractivity contribution in [3.8, 4) is 0 Å². The highest BCUT2D eigenvalue weighted by atomic mass is 19.3. The minimum atomic E-state index is -2.79. The molecule has 1 aliphatic rings. The summed E-state index contributed by atoms with van der Waals surface area (Å²) in [7, 11) is 0. The summed E-state index contributed by atoms with van der Waals surface area (Å²) in [5.74, 6) is -2.79. The van der Waals surface area contributed by atoms with Gasteiger partial charge in [0.1, 0.15) is 0 Å². The fourth-order valence-electron chi connectivity index (χ4n) is 1.47. The lowest BCUT2D eigenvalue weighted by atomic mass is 9.88. The van der Waals surface area contributed by atoms with Crippen LogP contribution in [0.5, 0.6) is 0 Å². The van der Waals surface area contributed by atoms with Crippen molar-refractivity contribution in [3.05, 3.63) is 0 Å². The van der Waals surface area contributed by atoms with Gasteiger partial charge in [-0.2, -0.15) is 0 Å². The lowest BCUT2D eigenvalue weighted by Crippen LogP contribution is -2.53. The SMILES string of the molecule is N[C@@H]1CCC(F)(F)C[C@@H]1NC(=O)O. The third-order valence-corrected chi connectivity index (χ3v) is 2.19. The van der Waals surface area contributed by atoms with Gasteiger partial charge in [0.25, 0.3) is 0 Å². The summed E-state index contributed by atoms with van der Waals surface area (Å²) < 4.78 is 25.6. The maximum atomic E-state index is 12.8. The molecule has 4 N–H and O–H groups in total. The first kappa shape index (κ1) is 10.2. The van der Waals surface area contributed by atoms with Gasteiger partial charge in [-0.05, 0) is 6.42 Å². The highest BCUT2D eigenvalue weighted by Gasteiger charge is 2.40. The van der Waals surface area contributed by atoms with E-state index in [-0.39, 0.29) is 12.8 Å². The Morgan fingerprint density at radius 2 is 2.23 bits per heavy atom. The van der Waals surface area contributed by atoms with Crippen LogP contribution in [0.25, 0.3) is 0 Å². The molecule has 0 aromatic heterocycles. The number of hydrogen-bond donors (Lipinski definition) is 3. The second kappa shape index (κ2) is 3.45. The molecule has 4 nitrogen and oxygen atoms in total. The number of halogens is 2. The van der Waals surface area contributed by atoms with Gasteiger partial charge in [-0.3, -0.25) is 0 Å². The molecule has 0 heterocycles. The third-order valence-electron chi connectivity index (χ3n) is 2.19. The second-order valence-corrected chi connectivity index (χ2v) is 3.32. The van der Waals surface area contributed by atoms with Gasteiger partial charge in [0.2, 0.25) is 5.92 Å². The molecule has 0 aromatic carbocycles. The standard InChI is InChI=1S/C7H12F2N2O2/c8-7(9)2-1-4(10)5(3-7)11-6(12)13/h4-5,11H,1-3,10H2,(H,12,13)/t4-,5+/m1/s1. The Morgan fingerprint density at radius 3 is 2.77 bits per heavy atom. The van der Waals surface area contributed by atoms with E-state index in [4.69, 9.17) is 10.8 Å². The van der Waals surface area contributed by atoms with E-state index in [1.165, 1.54) is 0 Å². The Morgan fingerprint density at radius 1 is 1.62 bits per heavy atom. The van der Waals surface area contributed by atoms with Gasteiger partial charge < -0.3 is 16.2 Å². The molecule has 1 aliphatic carbocycles. The second-order valence-electron chi connectivity index (χ2n) is 3.32. The maximum Gasteiger partial charge on any atom is 0.404 e. The Balaban J connectivity index is 2.55. The van der Waals surface area contributed by atoms with Crippen LogP contribution in [-0.4, -0.2) is 29.2 Å². The highest BCUT2D eigenvalue weighted by Crippen LogP contribution is 2.32. The van der Waals surface area contributed by atoms with Gasteiger partial charge in [0.05, 0.1) is 6.04 Å². The van der Waals surface area contributed by atoms with Crippen molar-refractivity contribution in [2.45, 2.75) is 37.3 Å². The van der Waals surface area contributed by atoms with E-state index < -0.39 is 30.5 Å². The molecule has 2 atom stereocenters. The van der Waals surface area contributed by atoms with Crippen molar-refractivity contribution in [1.82, 2.24) is 5.32 Å². The number of carboxylic acid groups (broad SMARTS) is 1. The quantitative estimate of drug-likeness (QED) is 0.577. The van der Waals surface area contributed by atoms with Crippen LogP contribution in [0.4, 0.5) is 13.6 Å². The predicted octanol–water partition coefficient (Wildman–Crippen LogP) is 0.769. The van der Waals surface area contributed by atoms with Crippen LogP contribution in [0.15, 0.2) is 0 Å². The number of nitrogens with one attached hydrogen (secondary N) is 1. The summed E-state index contributed by atoms with van der Waals surface area (Å²) in [5, 5.41) is 10.3. The molecule has 0 aliphatic heterocycles. The first-order valence-corrected chi connectivity index (χ1v) is 4.03. The van der Waals surface area contributed by atoms with Crippen molar-refractivity contribution in [2.24, 2.45) is 5.73 Å². The number of nitrogens with two attached hydrogens (primary N) is 1. The highest BCUT2D eigenvalue weighted by molar-refractivity contribution is 5.65. The largest absolute Gasteiger partial charge is 0.465 e. The van der Waals surface area contributed by atoms with Crippen LogP contribution in [0.1, 0.15) is 19.3 Å². The zero-order valence-corrected chi connectivity index (χ0v) is 6.96. The first-order valence-electron chi connectivity index (χ1n) is 4.03. The van der Waals surface area contributed by atoms with Gasteiger partial charge in [-0.15, -0.1) is 0 Å². The monoisotopic (exact) mass is 194 g/mol. The average Bonchev–Trinajstić information content (AvgIpc) is 1.95. The summed E-state index contributed by atoms with van der Waals surface area (Å²) in [5.41, 5.74) is 5.49. The molecule has 1 amide bonds. The normalized spacial score (nSPS) is 32.5. The molecule has 0 spiro atoms. The smallest absolute Gasteiger partial charge is 0.404 e. The van der Waals surface area contributed by atoms with E-state index in [0.717, 1.165) is 0 Å². The molecule has 0 aromatic rings. The van der Waals surface area contributed by atoms with Gasteiger partial charge in [0.15, 0.2) is 0 Å². The molecule has 0 saturated heterocycles. The van der Waals surface area contributed by atoms with Crippen LogP contribution in [0.2, 0.25) is 0 Å². The van der Waals surface area contributed by atoms with Gasteiger partial charge >= 0.3 is 6.09 Å². The molecule has 1 rings (SSSR count). The van der Waals surface area contributed by atoms with Crippen molar-refractivity contribution in [1.29, 1.82) is 0 Å². The molecule has 13 heavy (non-hydrogen) atoms. The van der Waals surface area contributed by atoms with Crippen molar-refractivity contribution in [2.75, 3.05) is 0 Å². The molecule has 1 fully saturated rings. The van der Waals surface area contributed by atoms with Crippen LogP contribution < -0.4 is 11.1 Å². The van der Waals surface area contributed by atoms with E-state index in [1.807, 2.05) is 5.32 Å². The topological polar surface area (TPSA) is 75.3 Å². The Kier molecular flexibility index (Phi) is 2.70. The molecule has 6 heteroatoms. The molecule has 76 valence electrons. The van der Waals surface area contributed by atoms with E-state index in [1.54, 1.807) is 0 Å². The number of hydrogen-bond acceptors (Lipinski definition) is 2. The van der Waals surface area contributed by atoms with Gasteiger partial charge in [-0.1, -0.05) is 0 Å². The summed E-state index contributed by atoms with van der Waals surface area (Å²) in [4.78, 5) is 10.2. The first-order chi connectivity index (χ1) is 5.91. The fourth-order valence-corrected chi connectivity index (χ4v) is 1.47. The third kappa shape index (κ3) is 2.80. The summed E-state index contributed by atoms with van der Waals surface area (Å²) in [6, 6.07) is -1.34. The van der Waals surface area contributed by atoms with Crippen LogP contribution in [-0.2, 0) is 0 Å². The zero-order chi connectivity index (χ0) is 10.1. The van der Waals surface area contributed by atoms with Crippen LogP contribution in [0, 0.1) is 0 Å². The molecular formula is C7H12F2N2O2. The average molecular weight is 194 g/mol. The van der Waals surface area contributed by atoms with Crippen LogP contribution in [0.3, 0.4) is 0 Å². The molecule has 1 saturated carbocycles. The molecule has 0 bridgehead atoms. The van der Waals surface area contributed by atoms with Crippen molar-refractivity contribution >= 4 is 6.09 Å².